The van der Waals surface area contributed by atoms with Crippen molar-refractivity contribution < 1.29 is 0 Å². The fraction of sp³-hybridized carbons (Fsp3) is 0.0833. The molecule has 1 heterocycles. The van der Waals surface area contributed by atoms with Gasteiger partial charge in [-0.3, -0.25) is 0 Å². The van der Waals surface area contributed by atoms with Crippen molar-refractivity contribution in [1.82, 2.24) is 4.57 Å². The van der Waals surface area contributed by atoms with E-state index in [9.17, 15) is 0 Å². The number of hydrogen-bond donors (Lipinski definition) is 1. The fourth-order valence-corrected chi connectivity index (χ4v) is 2.29. The molecule has 0 bridgehead atoms. The third kappa shape index (κ3) is 2.41. The molecule has 1 aromatic heterocycles. The maximum atomic E-state index is 9.01. The molecule has 0 amide bonds. The first kappa shape index (κ1) is 13.1. The first-order chi connectivity index (χ1) is 8.52. The van der Waals surface area contributed by atoms with Gasteiger partial charge in [0.1, 0.15) is 16.9 Å². The molecule has 0 atom stereocenters. The molecule has 2 aromatic rings. The summed E-state index contributed by atoms with van der Waals surface area (Å²) in [7, 11) is 0. The van der Waals surface area contributed by atoms with Crippen molar-refractivity contribution in [3.05, 3.63) is 50.7 Å². The zero-order valence-electron chi connectivity index (χ0n) is 9.12. The summed E-state index contributed by atoms with van der Waals surface area (Å²) < 4.78 is 1.60. The molecule has 6 heteroatoms. The van der Waals surface area contributed by atoms with E-state index in [1.807, 2.05) is 6.07 Å². The van der Waals surface area contributed by atoms with Crippen molar-refractivity contribution >= 4 is 40.5 Å². The molecule has 0 aliphatic heterocycles. The van der Waals surface area contributed by atoms with Gasteiger partial charge in [-0.25, -0.2) is 0 Å². The van der Waals surface area contributed by atoms with Crippen molar-refractivity contribution in [3.63, 3.8) is 0 Å². The molecule has 0 spiro atoms. The van der Waals surface area contributed by atoms with Crippen LogP contribution in [0, 0.1) is 11.3 Å². The lowest BCUT2D eigenvalue weighted by atomic mass is 10.2. The number of benzene rings is 1. The second kappa shape index (κ2) is 5.11. The molecule has 1 aromatic carbocycles. The van der Waals surface area contributed by atoms with Crippen molar-refractivity contribution in [1.29, 1.82) is 5.26 Å². The van der Waals surface area contributed by atoms with E-state index in [0.717, 1.165) is 5.56 Å². The van der Waals surface area contributed by atoms with Gasteiger partial charge in [0, 0.05) is 10.0 Å². The van der Waals surface area contributed by atoms with Crippen LogP contribution < -0.4 is 5.73 Å². The molecule has 2 N–H and O–H groups in total. The molecular weight excluding hydrogens is 293 g/mol. The molecule has 0 fully saturated rings. The van der Waals surface area contributed by atoms with Crippen LogP contribution in [0.25, 0.3) is 0 Å². The zero-order valence-corrected chi connectivity index (χ0v) is 11.4. The Morgan fingerprint density at radius 2 is 1.94 bits per heavy atom. The first-order valence-corrected chi connectivity index (χ1v) is 6.15. The monoisotopic (exact) mass is 299 g/mol. The summed E-state index contributed by atoms with van der Waals surface area (Å²) in [5, 5.41) is 10.4. The van der Waals surface area contributed by atoms with Crippen molar-refractivity contribution in [2.75, 3.05) is 5.73 Å². The number of nitrogen functional groups attached to an aromatic ring is 1. The number of nitrogens with two attached hydrogens (primary N) is 1. The highest BCUT2D eigenvalue weighted by molar-refractivity contribution is 6.35. The Morgan fingerprint density at radius 1 is 1.22 bits per heavy atom. The van der Waals surface area contributed by atoms with Gasteiger partial charge in [0.2, 0.25) is 0 Å². The topological polar surface area (TPSA) is 54.7 Å². The van der Waals surface area contributed by atoms with Gasteiger partial charge in [-0.1, -0.05) is 40.9 Å². The molecule has 0 aliphatic carbocycles. The van der Waals surface area contributed by atoms with E-state index in [-0.39, 0.29) is 0 Å². The van der Waals surface area contributed by atoms with Crippen LogP contribution in [-0.2, 0) is 6.54 Å². The third-order valence-corrected chi connectivity index (χ3v) is 3.53. The minimum Gasteiger partial charge on any atom is -0.396 e. The van der Waals surface area contributed by atoms with Gasteiger partial charge in [-0.2, -0.15) is 5.26 Å². The smallest absolute Gasteiger partial charge is 0.133 e. The highest BCUT2D eigenvalue weighted by Gasteiger charge is 2.12. The van der Waals surface area contributed by atoms with Gasteiger partial charge in [0.15, 0.2) is 0 Å². The lowest BCUT2D eigenvalue weighted by molar-refractivity contribution is 0.795. The second-order valence-corrected chi connectivity index (χ2v) is 4.91. The second-order valence-electron chi connectivity index (χ2n) is 3.71. The normalized spacial score (nSPS) is 10.3. The predicted octanol–water partition coefficient (Wildman–Crippen LogP) is 3.95. The minimum absolute atomic E-state index is 0.331. The van der Waals surface area contributed by atoms with Gasteiger partial charge in [-0.15, -0.1) is 0 Å². The van der Waals surface area contributed by atoms with Crippen LogP contribution in [0.15, 0.2) is 24.3 Å². The van der Waals surface area contributed by atoms with Crippen LogP contribution >= 0.6 is 34.8 Å². The highest BCUT2D eigenvalue weighted by Crippen LogP contribution is 2.27. The standard InChI is InChI=1S/C12H8Cl3N3/c13-8-2-1-7(10(14)3-8)6-18-9(5-16)4-11(17)12(18)15/h1-4H,6,17H2. The molecule has 0 saturated heterocycles. The van der Waals surface area contributed by atoms with Gasteiger partial charge >= 0.3 is 0 Å². The predicted molar refractivity (Wildman–Crippen MR) is 74.1 cm³/mol. The number of nitrogens with zero attached hydrogens (tertiary/aromatic N) is 2. The fourth-order valence-electron chi connectivity index (χ4n) is 1.61. The SMILES string of the molecule is N#Cc1cc(N)c(Cl)n1Cc1ccc(Cl)cc1Cl. The molecule has 3 nitrogen and oxygen atoms in total. The highest BCUT2D eigenvalue weighted by atomic mass is 35.5. The summed E-state index contributed by atoms with van der Waals surface area (Å²) in [6.45, 7) is 0.370. The molecule has 0 aliphatic rings. The maximum absolute atomic E-state index is 9.01. The lowest BCUT2D eigenvalue weighted by Gasteiger charge is -2.09. The van der Waals surface area contributed by atoms with E-state index in [4.69, 9.17) is 45.8 Å². The number of anilines is 1. The summed E-state index contributed by atoms with van der Waals surface area (Å²) in [6, 6.07) is 8.74. The average molecular weight is 301 g/mol. The Kier molecular flexibility index (Phi) is 3.72. The zero-order chi connectivity index (χ0) is 13.3. The van der Waals surface area contributed by atoms with Crippen molar-refractivity contribution in [2.45, 2.75) is 6.54 Å². The van der Waals surface area contributed by atoms with Crippen LogP contribution in [0.5, 0.6) is 0 Å². The van der Waals surface area contributed by atoms with E-state index in [1.54, 1.807) is 22.8 Å². The quantitative estimate of drug-likeness (QED) is 0.913. The number of aromatic nitrogens is 1. The van der Waals surface area contributed by atoms with Crippen LogP contribution in [-0.4, -0.2) is 4.57 Å². The van der Waals surface area contributed by atoms with E-state index in [2.05, 4.69) is 0 Å². The number of halogens is 3. The first-order valence-electron chi connectivity index (χ1n) is 5.01. The van der Waals surface area contributed by atoms with E-state index >= 15 is 0 Å². The lowest BCUT2D eigenvalue weighted by Crippen LogP contribution is -2.03. The van der Waals surface area contributed by atoms with Crippen molar-refractivity contribution in [2.24, 2.45) is 0 Å². The largest absolute Gasteiger partial charge is 0.396 e. The summed E-state index contributed by atoms with van der Waals surface area (Å²) in [4.78, 5) is 0. The van der Waals surface area contributed by atoms with Crippen LogP contribution in [0.4, 0.5) is 5.69 Å². The van der Waals surface area contributed by atoms with Gasteiger partial charge in [0.05, 0.1) is 12.2 Å². The minimum atomic E-state index is 0.331. The molecule has 92 valence electrons. The Bertz CT molecular complexity index is 641. The van der Waals surface area contributed by atoms with Crippen LogP contribution in [0.3, 0.4) is 0 Å². The van der Waals surface area contributed by atoms with Crippen molar-refractivity contribution in [3.8, 4) is 6.07 Å². The van der Waals surface area contributed by atoms with E-state index in [1.165, 1.54) is 6.07 Å². The summed E-state index contributed by atoms with van der Waals surface area (Å²) in [5.74, 6) is 0. The Balaban J connectivity index is 2.43. The number of hydrogen-bond acceptors (Lipinski definition) is 2. The Labute approximate surface area is 119 Å². The number of nitriles is 1. The van der Waals surface area contributed by atoms with Gasteiger partial charge < -0.3 is 10.3 Å². The summed E-state index contributed by atoms with van der Waals surface area (Å²) >= 11 is 17.9. The Morgan fingerprint density at radius 3 is 2.56 bits per heavy atom. The summed E-state index contributed by atoms with van der Waals surface area (Å²) in [6.07, 6.45) is 0. The molecule has 18 heavy (non-hydrogen) atoms. The molecular formula is C12H8Cl3N3. The number of rotatable bonds is 2. The third-order valence-electron chi connectivity index (χ3n) is 2.52. The molecule has 0 unspecified atom stereocenters. The average Bonchev–Trinajstić information content (AvgIpc) is 2.60. The molecule has 2 rings (SSSR count). The van der Waals surface area contributed by atoms with Gasteiger partial charge in [0.25, 0.3) is 0 Å². The Hall–Kier alpha value is -1.34. The van der Waals surface area contributed by atoms with E-state index in [0.29, 0.717) is 33.1 Å². The van der Waals surface area contributed by atoms with Gasteiger partial charge in [-0.05, 0) is 23.8 Å². The van der Waals surface area contributed by atoms with Crippen LogP contribution in [0.2, 0.25) is 15.2 Å². The molecule has 0 radical (unpaired) electrons. The maximum Gasteiger partial charge on any atom is 0.133 e. The van der Waals surface area contributed by atoms with E-state index < -0.39 is 0 Å². The van der Waals surface area contributed by atoms with Crippen LogP contribution in [0.1, 0.15) is 11.3 Å². The summed E-state index contributed by atoms with van der Waals surface area (Å²) in [5.41, 5.74) is 7.26. The molecule has 0 saturated carbocycles.